The maximum absolute atomic E-state index is 10.9. The molecule has 2 amide bonds. The molecule has 0 aromatic rings. The summed E-state index contributed by atoms with van der Waals surface area (Å²) in [6.07, 6.45) is 0.819. The molecule has 0 aliphatic heterocycles. The molecule has 0 aliphatic rings. The van der Waals surface area contributed by atoms with Gasteiger partial charge in [-0.3, -0.25) is 4.84 Å². The zero-order valence-corrected chi connectivity index (χ0v) is 8.95. The van der Waals surface area contributed by atoms with Crippen molar-refractivity contribution in [1.82, 2.24) is 15.7 Å². The predicted molar refractivity (Wildman–Crippen MR) is 53.3 cm³/mol. The summed E-state index contributed by atoms with van der Waals surface area (Å²) in [5.74, 6) is -1.14. The van der Waals surface area contributed by atoms with E-state index < -0.39 is 18.6 Å². The van der Waals surface area contributed by atoms with Crippen molar-refractivity contribution in [2.75, 3.05) is 33.8 Å². The van der Waals surface area contributed by atoms with Crippen molar-refractivity contribution < 1.29 is 19.5 Å². The highest BCUT2D eigenvalue weighted by Crippen LogP contribution is 1.80. The minimum absolute atomic E-state index is 0.514. The van der Waals surface area contributed by atoms with E-state index in [2.05, 4.69) is 10.2 Å². The van der Waals surface area contributed by atoms with Crippen LogP contribution in [0.25, 0.3) is 0 Å². The monoisotopic (exact) mass is 219 g/mol. The molecule has 0 heterocycles. The van der Waals surface area contributed by atoms with Crippen molar-refractivity contribution in [3.8, 4) is 0 Å². The van der Waals surface area contributed by atoms with Gasteiger partial charge in [-0.2, -0.15) is 0 Å². The zero-order valence-electron chi connectivity index (χ0n) is 8.95. The Labute approximate surface area is 88.3 Å². The number of carboxylic acids is 1. The first-order chi connectivity index (χ1) is 7.02. The summed E-state index contributed by atoms with van der Waals surface area (Å²) in [6, 6.07) is -0.532. The van der Waals surface area contributed by atoms with E-state index in [1.165, 1.54) is 0 Å². The van der Waals surface area contributed by atoms with Gasteiger partial charge in [-0.15, -0.1) is 0 Å². The second kappa shape index (κ2) is 8.01. The summed E-state index contributed by atoms with van der Waals surface area (Å²) in [7, 11) is 3.88. The molecular weight excluding hydrogens is 202 g/mol. The first kappa shape index (κ1) is 13.7. The maximum Gasteiger partial charge on any atom is 0.338 e. The van der Waals surface area contributed by atoms with E-state index in [0.717, 1.165) is 13.0 Å². The third-order valence-corrected chi connectivity index (χ3v) is 1.43. The van der Waals surface area contributed by atoms with Gasteiger partial charge in [-0.25, -0.2) is 15.1 Å². The van der Waals surface area contributed by atoms with Crippen LogP contribution in [0.1, 0.15) is 6.42 Å². The summed E-state index contributed by atoms with van der Waals surface area (Å²) < 4.78 is 0. The molecule has 0 aliphatic carbocycles. The highest BCUT2D eigenvalue weighted by molar-refractivity contribution is 5.73. The molecule has 0 saturated heterocycles. The van der Waals surface area contributed by atoms with Gasteiger partial charge < -0.3 is 15.3 Å². The fraction of sp³-hybridized carbons (Fsp3) is 0.750. The van der Waals surface area contributed by atoms with E-state index in [9.17, 15) is 9.59 Å². The van der Waals surface area contributed by atoms with E-state index >= 15 is 0 Å². The Morgan fingerprint density at radius 1 is 1.40 bits per heavy atom. The molecule has 0 rings (SSSR count). The number of hydrogen-bond acceptors (Lipinski definition) is 4. The van der Waals surface area contributed by atoms with Gasteiger partial charge >= 0.3 is 12.0 Å². The zero-order chi connectivity index (χ0) is 11.7. The summed E-state index contributed by atoms with van der Waals surface area (Å²) in [6.45, 7) is 0.835. The second-order valence-corrected chi connectivity index (χ2v) is 3.20. The Morgan fingerprint density at radius 3 is 2.60 bits per heavy atom. The Bertz CT molecular complexity index is 208. The fourth-order valence-electron chi connectivity index (χ4n) is 0.797. The van der Waals surface area contributed by atoms with Crippen LogP contribution in [-0.2, 0) is 9.63 Å². The average molecular weight is 219 g/mol. The van der Waals surface area contributed by atoms with Crippen molar-refractivity contribution >= 4 is 12.0 Å². The summed E-state index contributed by atoms with van der Waals surface area (Å²) in [5.41, 5.74) is 1.96. The molecule has 88 valence electrons. The van der Waals surface area contributed by atoms with Gasteiger partial charge in [-0.1, -0.05) is 0 Å². The number of carbonyl (C=O) groups is 2. The van der Waals surface area contributed by atoms with Crippen molar-refractivity contribution in [3.05, 3.63) is 0 Å². The summed E-state index contributed by atoms with van der Waals surface area (Å²) in [4.78, 5) is 27.3. The van der Waals surface area contributed by atoms with Gasteiger partial charge in [0.05, 0.1) is 0 Å². The minimum atomic E-state index is -1.14. The largest absolute Gasteiger partial charge is 0.479 e. The Kier molecular flexibility index (Phi) is 7.29. The van der Waals surface area contributed by atoms with Crippen LogP contribution >= 0.6 is 0 Å². The van der Waals surface area contributed by atoms with E-state index in [1.54, 1.807) is 0 Å². The van der Waals surface area contributed by atoms with Crippen molar-refractivity contribution in [1.29, 1.82) is 0 Å². The van der Waals surface area contributed by atoms with Crippen LogP contribution in [0.2, 0.25) is 0 Å². The molecule has 15 heavy (non-hydrogen) atoms. The average Bonchev–Trinajstić information content (AvgIpc) is 2.11. The lowest BCUT2D eigenvalue weighted by Crippen LogP contribution is -2.37. The van der Waals surface area contributed by atoms with Crippen LogP contribution in [-0.4, -0.2) is 55.8 Å². The molecule has 0 aromatic carbocycles. The normalized spacial score (nSPS) is 10.1. The molecule has 0 bridgehead atoms. The maximum atomic E-state index is 10.9. The molecular formula is C8H17N3O4. The Hall–Kier alpha value is -1.34. The van der Waals surface area contributed by atoms with Gasteiger partial charge in [0.15, 0.2) is 6.61 Å². The Balaban J connectivity index is 3.30. The molecule has 0 fully saturated rings. The van der Waals surface area contributed by atoms with E-state index in [-0.39, 0.29) is 0 Å². The third-order valence-electron chi connectivity index (χ3n) is 1.43. The number of nitrogens with one attached hydrogen (secondary N) is 2. The van der Waals surface area contributed by atoms with Crippen LogP contribution in [0.5, 0.6) is 0 Å². The summed E-state index contributed by atoms with van der Waals surface area (Å²) in [5, 5.41) is 10.7. The number of hydroxylamine groups is 1. The first-order valence-corrected chi connectivity index (χ1v) is 4.54. The number of carbonyl (C=O) groups excluding carboxylic acids is 1. The smallest absolute Gasteiger partial charge is 0.338 e. The van der Waals surface area contributed by atoms with Gasteiger partial charge in [0.1, 0.15) is 0 Å². The molecule has 7 heteroatoms. The molecule has 0 atom stereocenters. The quantitative estimate of drug-likeness (QED) is 0.387. The highest BCUT2D eigenvalue weighted by Gasteiger charge is 2.01. The second-order valence-electron chi connectivity index (χ2n) is 3.20. The van der Waals surface area contributed by atoms with Gasteiger partial charge in [0.25, 0.3) is 0 Å². The highest BCUT2D eigenvalue weighted by atomic mass is 16.7. The molecule has 0 radical (unpaired) electrons. The number of rotatable bonds is 7. The standard InChI is InChI=1S/C8H17N3O4/c1-11(2)5-3-4-9-8(14)10-15-6-7(12)13/h3-6H2,1-2H3,(H,12,13)(H2,9,10,14). The summed E-state index contributed by atoms with van der Waals surface area (Å²) >= 11 is 0. The number of urea groups is 1. The lowest BCUT2D eigenvalue weighted by atomic mass is 10.4. The van der Waals surface area contributed by atoms with Gasteiger partial charge in [-0.05, 0) is 27.1 Å². The number of hydrogen-bond donors (Lipinski definition) is 3. The SMILES string of the molecule is CN(C)CCCNC(=O)NOCC(=O)O. The van der Waals surface area contributed by atoms with E-state index in [1.807, 2.05) is 24.5 Å². The number of nitrogens with zero attached hydrogens (tertiary/aromatic N) is 1. The van der Waals surface area contributed by atoms with Crippen molar-refractivity contribution in [2.45, 2.75) is 6.42 Å². The van der Waals surface area contributed by atoms with Crippen LogP contribution in [0, 0.1) is 0 Å². The van der Waals surface area contributed by atoms with Crippen LogP contribution in [0.3, 0.4) is 0 Å². The lowest BCUT2D eigenvalue weighted by molar-refractivity contribution is -0.144. The van der Waals surface area contributed by atoms with E-state index in [4.69, 9.17) is 5.11 Å². The molecule has 3 N–H and O–H groups in total. The predicted octanol–water partition coefficient (Wildman–Crippen LogP) is -0.746. The number of carboxylic acid groups (broad SMARTS) is 1. The van der Waals surface area contributed by atoms with E-state index in [0.29, 0.717) is 6.54 Å². The molecule has 0 unspecified atom stereocenters. The van der Waals surface area contributed by atoms with Gasteiger partial charge in [0.2, 0.25) is 0 Å². The van der Waals surface area contributed by atoms with Crippen LogP contribution < -0.4 is 10.8 Å². The van der Waals surface area contributed by atoms with Crippen LogP contribution in [0.4, 0.5) is 4.79 Å². The lowest BCUT2D eigenvalue weighted by Gasteiger charge is -2.10. The number of aliphatic carboxylic acids is 1. The molecule has 7 nitrogen and oxygen atoms in total. The van der Waals surface area contributed by atoms with Crippen molar-refractivity contribution in [2.24, 2.45) is 0 Å². The first-order valence-electron chi connectivity index (χ1n) is 4.54. The van der Waals surface area contributed by atoms with Crippen LogP contribution in [0.15, 0.2) is 0 Å². The van der Waals surface area contributed by atoms with Crippen molar-refractivity contribution in [3.63, 3.8) is 0 Å². The molecule has 0 aromatic heterocycles. The third kappa shape index (κ3) is 10.6. The topological polar surface area (TPSA) is 90.9 Å². The Morgan fingerprint density at radius 2 is 2.07 bits per heavy atom. The minimum Gasteiger partial charge on any atom is -0.479 e. The number of amides is 2. The molecule has 0 spiro atoms. The molecule has 0 saturated carbocycles. The fourth-order valence-corrected chi connectivity index (χ4v) is 0.797. The van der Waals surface area contributed by atoms with Gasteiger partial charge in [0, 0.05) is 6.54 Å².